The summed E-state index contributed by atoms with van der Waals surface area (Å²) < 4.78 is 41.2. The zero-order chi connectivity index (χ0) is 13.8. The molecular formula is C10H14F3NO4. The third-order valence-corrected chi connectivity index (χ3v) is 2.68. The minimum absolute atomic E-state index is 0.0584. The van der Waals surface area contributed by atoms with Gasteiger partial charge in [-0.05, 0) is 25.2 Å². The Morgan fingerprint density at radius 1 is 1.44 bits per heavy atom. The van der Waals surface area contributed by atoms with Crippen LogP contribution in [0.5, 0.6) is 0 Å². The van der Waals surface area contributed by atoms with E-state index in [9.17, 15) is 22.8 Å². The molecule has 2 unspecified atom stereocenters. The van der Waals surface area contributed by atoms with Crippen molar-refractivity contribution in [2.75, 3.05) is 13.2 Å². The number of amides is 1. The molecule has 0 bridgehead atoms. The number of halogens is 3. The van der Waals surface area contributed by atoms with Crippen LogP contribution in [0.15, 0.2) is 0 Å². The number of alkyl halides is 3. The van der Waals surface area contributed by atoms with E-state index in [0.717, 1.165) is 6.42 Å². The Hall–Kier alpha value is -1.31. The summed E-state index contributed by atoms with van der Waals surface area (Å²) in [7, 11) is 0. The molecule has 1 aliphatic rings. The summed E-state index contributed by atoms with van der Waals surface area (Å²) in [5.41, 5.74) is 0. The lowest BCUT2D eigenvalue weighted by molar-refractivity contribution is -0.175. The average Bonchev–Trinajstić information content (AvgIpc) is 2.28. The Bertz CT molecular complexity index is 313. The quantitative estimate of drug-likeness (QED) is 0.796. The van der Waals surface area contributed by atoms with Crippen molar-refractivity contribution in [2.24, 2.45) is 5.92 Å². The smallest absolute Gasteiger partial charge is 0.471 e. The number of hydrogen-bond donors (Lipinski definition) is 2. The van der Waals surface area contributed by atoms with E-state index in [-0.39, 0.29) is 12.3 Å². The summed E-state index contributed by atoms with van der Waals surface area (Å²) in [6.45, 7) is 0.884. The second-order valence-electron chi connectivity index (χ2n) is 4.18. The number of carbonyl (C=O) groups is 2. The van der Waals surface area contributed by atoms with Crippen LogP contribution in [0.1, 0.15) is 19.3 Å². The molecule has 0 aliphatic carbocycles. The zero-order valence-corrected chi connectivity index (χ0v) is 9.50. The van der Waals surface area contributed by atoms with Gasteiger partial charge in [0.05, 0.1) is 0 Å². The van der Waals surface area contributed by atoms with E-state index in [1.807, 2.05) is 0 Å². The number of carbonyl (C=O) groups excluding carboxylic acids is 1. The Morgan fingerprint density at radius 2 is 2.11 bits per heavy atom. The summed E-state index contributed by atoms with van der Waals surface area (Å²) in [5.74, 6) is -3.85. The zero-order valence-electron chi connectivity index (χ0n) is 9.50. The number of carboxylic acid groups (broad SMARTS) is 1. The molecule has 2 atom stereocenters. The predicted octanol–water partition coefficient (Wildman–Crippen LogP) is 0.935. The number of carboxylic acids is 1. The number of ether oxygens (including phenoxy) is 1. The average molecular weight is 269 g/mol. The summed E-state index contributed by atoms with van der Waals surface area (Å²) >= 11 is 0. The summed E-state index contributed by atoms with van der Waals surface area (Å²) in [5, 5.41) is 10.3. The van der Waals surface area contributed by atoms with E-state index in [1.54, 1.807) is 0 Å². The van der Waals surface area contributed by atoms with E-state index >= 15 is 0 Å². The molecule has 18 heavy (non-hydrogen) atoms. The molecule has 0 saturated carbocycles. The maximum atomic E-state index is 12.0. The van der Waals surface area contributed by atoms with Gasteiger partial charge in [-0.2, -0.15) is 13.2 Å². The van der Waals surface area contributed by atoms with Gasteiger partial charge in [0.2, 0.25) is 0 Å². The van der Waals surface area contributed by atoms with Gasteiger partial charge in [-0.3, -0.25) is 4.79 Å². The monoisotopic (exact) mass is 269 g/mol. The SMILES string of the molecule is O=C(O)C(CC1CCCOC1)NC(=O)C(F)(F)F. The van der Waals surface area contributed by atoms with Crippen LogP contribution in [0.4, 0.5) is 13.2 Å². The first-order valence-electron chi connectivity index (χ1n) is 5.49. The molecule has 104 valence electrons. The molecule has 1 heterocycles. The predicted molar refractivity (Wildman–Crippen MR) is 53.8 cm³/mol. The highest BCUT2D eigenvalue weighted by molar-refractivity contribution is 5.86. The molecule has 0 aromatic carbocycles. The van der Waals surface area contributed by atoms with Gasteiger partial charge in [0, 0.05) is 13.2 Å². The van der Waals surface area contributed by atoms with Gasteiger partial charge in [0.25, 0.3) is 0 Å². The normalized spacial score (nSPS) is 22.3. The molecule has 8 heteroatoms. The molecule has 1 rings (SSSR count). The van der Waals surface area contributed by atoms with Gasteiger partial charge in [0.15, 0.2) is 0 Å². The molecule has 2 N–H and O–H groups in total. The Labute approximate surface area is 101 Å². The third kappa shape index (κ3) is 4.52. The highest BCUT2D eigenvalue weighted by atomic mass is 19.4. The molecule has 0 spiro atoms. The molecule has 1 aliphatic heterocycles. The number of aliphatic carboxylic acids is 1. The topological polar surface area (TPSA) is 75.6 Å². The first kappa shape index (κ1) is 14.7. The van der Waals surface area contributed by atoms with Crippen molar-refractivity contribution >= 4 is 11.9 Å². The van der Waals surface area contributed by atoms with Gasteiger partial charge in [-0.25, -0.2) is 4.79 Å². The second kappa shape index (κ2) is 6.03. The largest absolute Gasteiger partial charge is 0.480 e. The second-order valence-corrected chi connectivity index (χ2v) is 4.18. The summed E-state index contributed by atoms with van der Waals surface area (Å²) in [6.07, 6.45) is -3.70. The van der Waals surface area contributed by atoms with Crippen LogP contribution in [0.25, 0.3) is 0 Å². The fourth-order valence-electron chi connectivity index (χ4n) is 1.79. The van der Waals surface area contributed by atoms with E-state index < -0.39 is 24.1 Å². The first-order chi connectivity index (χ1) is 8.30. The highest BCUT2D eigenvalue weighted by Crippen LogP contribution is 2.20. The molecule has 0 aromatic heterocycles. The third-order valence-electron chi connectivity index (χ3n) is 2.68. The van der Waals surface area contributed by atoms with Crippen LogP contribution in [-0.4, -0.2) is 42.4 Å². The fraction of sp³-hybridized carbons (Fsp3) is 0.800. The van der Waals surface area contributed by atoms with Crippen molar-refractivity contribution in [1.82, 2.24) is 5.32 Å². The molecule has 0 aromatic rings. The van der Waals surface area contributed by atoms with Gasteiger partial charge >= 0.3 is 18.1 Å². The molecular weight excluding hydrogens is 255 g/mol. The van der Waals surface area contributed by atoms with E-state index in [4.69, 9.17) is 9.84 Å². The van der Waals surface area contributed by atoms with Crippen molar-refractivity contribution in [3.63, 3.8) is 0 Å². The Morgan fingerprint density at radius 3 is 2.56 bits per heavy atom. The fourth-order valence-corrected chi connectivity index (χ4v) is 1.79. The number of rotatable bonds is 4. The molecule has 1 amide bonds. The van der Waals surface area contributed by atoms with Gasteiger partial charge < -0.3 is 15.2 Å². The summed E-state index contributed by atoms with van der Waals surface area (Å²) in [6, 6.07) is -1.54. The number of nitrogens with one attached hydrogen (secondary N) is 1. The standard InChI is InChI=1S/C10H14F3NO4/c11-10(12,13)9(17)14-7(8(15)16)4-6-2-1-3-18-5-6/h6-7H,1-5H2,(H,14,17)(H,15,16). The van der Waals surface area contributed by atoms with Crippen molar-refractivity contribution in [2.45, 2.75) is 31.5 Å². The maximum absolute atomic E-state index is 12.0. The molecule has 1 saturated heterocycles. The first-order valence-corrected chi connectivity index (χ1v) is 5.49. The van der Waals surface area contributed by atoms with Crippen molar-refractivity contribution in [3.8, 4) is 0 Å². The van der Waals surface area contributed by atoms with Gasteiger partial charge in [-0.15, -0.1) is 0 Å². The molecule has 1 fully saturated rings. The van der Waals surface area contributed by atoms with Crippen LogP contribution in [0.2, 0.25) is 0 Å². The van der Waals surface area contributed by atoms with Crippen LogP contribution in [0, 0.1) is 5.92 Å². The minimum Gasteiger partial charge on any atom is -0.480 e. The van der Waals surface area contributed by atoms with E-state index in [0.29, 0.717) is 19.6 Å². The Kier molecular flexibility index (Phi) is 4.94. The van der Waals surface area contributed by atoms with Crippen molar-refractivity contribution < 1.29 is 32.6 Å². The van der Waals surface area contributed by atoms with Crippen molar-refractivity contribution in [3.05, 3.63) is 0 Å². The lowest BCUT2D eigenvalue weighted by Gasteiger charge is -2.25. The van der Waals surface area contributed by atoms with Gasteiger partial charge in [-0.1, -0.05) is 0 Å². The summed E-state index contributed by atoms with van der Waals surface area (Å²) in [4.78, 5) is 21.5. The van der Waals surface area contributed by atoms with Crippen LogP contribution >= 0.6 is 0 Å². The highest BCUT2D eigenvalue weighted by Gasteiger charge is 2.41. The van der Waals surface area contributed by atoms with Crippen molar-refractivity contribution in [1.29, 1.82) is 0 Å². The molecule has 0 radical (unpaired) electrons. The van der Waals surface area contributed by atoms with Gasteiger partial charge in [0.1, 0.15) is 6.04 Å². The van der Waals surface area contributed by atoms with Crippen LogP contribution in [-0.2, 0) is 14.3 Å². The number of hydrogen-bond acceptors (Lipinski definition) is 3. The van der Waals surface area contributed by atoms with E-state index in [2.05, 4.69) is 0 Å². The maximum Gasteiger partial charge on any atom is 0.471 e. The molecule has 5 nitrogen and oxygen atoms in total. The van der Waals surface area contributed by atoms with E-state index in [1.165, 1.54) is 5.32 Å². The van der Waals surface area contributed by atoms with Crippen LogP contribution < -0.4 is 5.32 Å². The Balaban J connectivity index is 2.54. The lowest BCUT2D eigenvalue weighted by atomic mass is 9.94. The van der Waals surface area contributed by atoms with Crippen LogP contribution in [0.3, 0.4) is 0 Å². The lowest BCUT2D eigenvalue weighted by Crippen LogP contribution is -2.48. The minimum atomic E-state index is -5.07.